The zero-order valence-electron chi connectivity index (χ0n) is 27.3. The predicted molar refractivity (Wildman–Crippen MR) is 179 cm³/mol. The molecule has 3 aromatic rings. The van der Waals surface area contributed by atoms with E-state index in [1.807, 2.05) is 100 Å². The molecule has 8 nitrogen and oxygen atoms in total. The molecule has 0 aliphatic heterocycles. The second kappa shape index (κ2) is 15.6. The number of ketones is 2. The highest BCUT2D eigenvalue weighted by molar-refractivity contribution is 6.08. The Morgan fingerprint density at radius 1 is 0.523 bits per heavy atom. The second-order valence-electron chi connectivity index (χ2n) is 12.3. The standard InChI is InChI=1S/C36H46N4O4/c1-37(2)21-29-17-27(18-30(35(29)43)22-38(3)4)33(41)15-13-25-9-11-26(12-10-25)14-16-34(42)28-19-31(23-39(5)6)36(44)32(20-28)24-40(7)8/h9-20,43-44H,21-24H2,1-8H3. The van der Waals surface area contributed by atoms with E-state index in [1.165, 1.54) is 0 Å². The van der Waals surface area contributed by atoms with Crippen molar-refractivity contribution in [3.05, 3.63) is 105 Å². The van der Waals surface area contributed by atoms with Gasteiger partial charge >= 0.3 is 0 Å². The summed E-state index contributed by atoms with van der Waals surface area (Å²) < 4.78 is 0. The Hall–Kier alpha value is -4.08. The highest BCUT2D eigenvalue weighted by Gasteiger charge is 2.16. The average Bonchev–Trinajstić information content (AvgIpc) is 2.94. The number of benzene rings is 3. The van der Waals surface area contributed by atoms with Crippen LogP contribution in [0.3, 0.4) is 0 Å². The van der Waals surface area contributed by atoms with Crippen molar-refractivity contribution in [3.8, 4) is 11.5 Å². The number of aromatic hydroxyl groups is 2. The molecule has 0 spiro atoms. The Labute approximate surface area is 262 Å². The van der Waals surface area contributed by atoms with Crippen LogP contribution in [0.1, 0.15) is 54.1 Å². The van der Waals surface area contributed by atoms with Crippen LogP contribution in [0, 0.1) is 0 Å². The molecule has 0 heterocycles. The van der Waals surface area contributed by atoms with Crippen LogP contribution in [0.2, 0.25) is 0 Å². The van der Waals surface area contributed by atoms with Crippen molar-refractivity contribution < 1.29 is 19.8 Å². The average molecular weight is 599 g/mol. The fourth-order valence-electron chi connectivity index (χ4n) is 4.90. The summed E-state index contributed by atoms with van der Waals surface area (Å²) >= 11 is 0. The largest absolute Gasteiger partial charge is 0.507 e. The van der Waals surface area contributed by atoms with Gasteiger partial charge in [-0.3, -0.25) is 9.59 Å². The first-order valence-corrected chi connectivity index (χ1v) is 14.6. The molecule has 0 atom stereocenters. The highest BCUT2D eigenvalue weighted by Crippen LogP contribution is 2.28. The van der Waals surface area contributed by atoms with Crippen molar-refractivity contribution in [2.45, 2.75) is 26.2 Å². The number of hydrogen-bond donors (Lipinski definition) is 2. The van der Waals surface area contributed by atoms with E-state index in [9.17, 15) is 19.8 Å². The molecule has 0 radical (unpaired) electrons. The summed E-state index contributed by atoms with van der Waals surface area (Å²) in [5.74, 6) is 0.165. The zero-order chi connectivity index (χ0) is 32.6. The van der Waals surface area contributed by atoms with Crippen molar-refractivity contribution in [1.29, 1.82) is 0 Å². The van der Waals surface area contributed by atoms with E-state index in [1.54, 1.807) is 48.6 Å². The number of phenols is 2. The summed E-state index contributed by atoms with van der Waals surface area (Å²) in [4.78, 5) is 34.0. The summed E-state index contributed by atoms with van der Waals surface area (Å²) in [5, 5.41) is 21.5. The lowest BCUT2D eigenvalue weighted by Gasteiger charge is -2.17. The molecule has 0 bridgehead atoms. The van der Waals surface area contributed by atoms with E-state index < -0.39 is 0 Å². The summed E-state index contributed by atoms with van der Waals surface area (Å²) in [6.07, 6.45) is 6.61. The maximum absolute atomic E-state index is 13.1. The first-order valence-electron chi connectivity index (χ1n) is 14.6. The van der Waals surface area contributed by atoms with Crippen LogP contribution in [0.15, 0.2) is 60.7 Å². The number of nitrogens with zero attached hydrogens (tertiary/aromatic N) is 4. The van der Waals surface area contributed by atoms with Gasteiger partial charge in [0.1, 0.15) is 11.5 Å². The fraction of sp³-hybridized carbons (Fsp3) is 0.333. The van der Waals surface area contributed by atoms with E-state index in [4.69, 9.17) is 0 Å². The smallest absolute Gasteiger partial charge is 0.185 e. The molecule has 2 N–H and O–H groups in total. The van der Waals surface area contributed by atoms with Crippen LogP contribution >= 0.6 is 0 Å². The lowest BCUT2D eigenvalue weighted by atomic mass is 9.99. The summed E-state index contributed by atoms with van der Waals surface area (Å²) in [6, 6.07) is 14.6. The van der Waals surface area contributed by atoms with Crippen molar-refractivity contribution in [2.75, 3.05) is 56.4 Å². The molecule has 0 aliphatic rings. The van der Waals surface area contributed by atoms with Crippen molar-refractivity contribution in [3.63, 3.8) is 0 Å². The SMILES string of the molecule is CN(C)Cc1cc(C(=O)C=Cc2ccc(C=CC(=O)c3cc(CN(C)C)c(O)c(CN(C)C)c3)cc2)cc(CN(C)C)c1O. The molecule has 0 saturated heterocycles. The van der Waals surface area contributed by atoms with Crippen LogP contribution in [-0.2, 0) is 26.2 Å². The van der Waals surface area contributed by atoms with Gasteiger partial charge in [-0.1, -0.05) is 36.4 Å². The number of carbonyl (C=O) groups is 2. The molecule has 0 aliphatic carbocycles. The van der Waals surface area contributed by atoms with Gasteiger partial charge in [-0.15, -0.1) is 0 Å². The van der Waals surface area contributed by atoms with E-state index >= 15 is 0 Å². The molecule has 0 aromatic heterocycles. The van der Waals surface area contributed by atoms with Crippen molar-refractivity contribution in [2.24, 2.45) is 0 Å². The first-order chi connectivity index (χ1) is 20.7. The topological polar surface area (TPSA) is 87.6 Å². The van der Waals surface area contributed by atoms with Crippen LogP contribution < -0.4 is 0 Å². The molecule has 44 heavy (non-hydrogen) atoms. The predicted octanol–water partition coefficient (Wildman–Crippen LogP) is 5.14. The van der Waals surface area contributed by atoms with Crippen LogP contribution in [-0.4, -0.2) is 97.8 Å². The van der Waals surface area contributed by atoms with Crippen LogP contribution in [0.25, 0.3) is 12.2 Å². The van der Waals surface area contributed by atoms with E-state index in [-0.39, 0.29) is 23.1 Å². The van der Waals surface area contributed by atoms with Crippen molar-refractivity contribution in [1.82, 2.24) is 19.6 Å². The number of rotatable bonds is 14. The normalized spacial score (nSPS) is 12.1. The van der Waals surface area contributed by atoms with Crippen LogP contribution in [0.4, 0.5) is 0 Å². The number of phenolic OH excluding ortho intramolecular Hbond substituents is 2. The summed E-state index contributed by atoms with van der Waals surface area (Å²) in [6.45, 7) is 2.09. The van der Waals surface area contributed by atoms with Gasteiger partial charge in [-0.05, 0) is 104 Å². The molecule has 3 rings (SSSR count). The highest BCUT2D eigenvalue weighted by atomic mass is 16.3. The molecule has 0 unspecified atom stereocenters. The van der Waals surface area contributed by atoms with Crippen molar-refractivity contribution >= 4 is 23.7 Å². The molecule has 0 fully saturated rings. The molecule has 3 aromatic carbocycles. The number of allylic oxidation sites excluding steroid dienone is 2. The minimum Gasteiger partial charge on any atom is -0.507 e. The van der Waals surface area contributed by atoms with Gasteiger partial charge in [0.05, 0.1) is 0 Å². The van der Waals surface area contributed by atoms with Gasteiger partial charge in [0.25, 0.3) is 0 Å². The summed E-state index contributed by atoms with van der Waals surface area (Å²) in [5.41, 5.74) is 5.62. The number of carbonyl (C=O) groups excluding carboxylic acids is 2. The Bertz CT molecular complexity index is 1340. The maximum atomic E-state index is 13.1. The second-order valence-corrected chi connectivity index (χ2v) is 12.3. The minimum atomic E-state index is -0.143. The molecule has 0 amide bonds. The van der Waals surface area contributed by atoms with Gasteiger partial charge in [0.15, 0.2) is 11.6 Å². The monoisotopic (exact) mass is 598 g/mol. The van der Waals surface area contributed by atoms with E-state index in [2.05, 4.69) is 0 Å². The Kier molecular flexibility index (Phi) is 12.2. The minimum absolute atomic E-state index is 0.143. The first kappa shape index (κ1) is 34.4. The van der Waals surface area contributed by atoms with E-state index in [0.717, 1.165) is 11.1 Å². The third-order valence-corrected chi connectivity index (χ3v) is 6.84. The maximum Gasteiger partial charge on any atom is 0.185 e. The number of hydrogen-bond acceptors (Lipinski definition) is 8. The lowest BCUT2D eigenvalue weighted by Crippen LogP contribution is -2.15. The molecular weight excluding hydrogens is 552 g/mol. The molecule has 8 heteroatoms. The van der Waals surface area contributed by atoms with Gasteiger partial charge < -0.3 is 29.8 Å². The molecule has 234 valence electrons. The van der Waals surface area contributed by atoms with Crippen LogP contribution in [0.5, 0.6) is 11.5 Å². The zero-order valence-corrected chi connectivity index (χ0v) is 27.3. The molecular formula is C36H46N4O4. The van der Waals surface area contributed by atoms with Gasteiger partial charge in [0, 0.05) is 59.6 Å². The lowest BCUT2D eigenvalue weighted by molar-refractivity contribution is 0.103. The Morgan fingerprint density at radius 2 is 0.773 bits per heavy atom. The van der Waals surface area contributed by atoms with Gasteiger partial charge in [0.2, 0.25) is 0 Å². The third kappa shape index (κ3) is 9.99. The van der Waals surface area contributed by atoms with Gasteiger partial charge in [-0.25, -0.2) is 0 Å². The molecule has 0 saturated carbocycles. The summed E-state index contributed by atoms with van der Waals surface area (Å²) in [7, 11) is 15.4. The Morgan fingerprint density at radius 3 is 1.00 bits per heavy atom. The Balaban J connectivity index is 1.76. The van der Waals surface area contributed by atoms with E-state index in [0.29, 0.717) is 59.6 Å². The quantitative estimate of drug-likeness (QED) is 0.195. The van der Waals surface area contributed by atoms with Gasteiger partial charge in [-0.2, -0.15) is 0 Å². The third-order valence-electron chi connectivity index (χ3n) is 6.84. The fourth-order valence-corrected chi connectivity index (χ4v) is 4.90.